The minimum absolute atomic E-state index is 0.0652. The molecule has 0 fully saturated rings. The third kappa shape index (κ3) is 5.36. The number of fused-ring (bicyclic) bond motifs is 1. The summed E-state index contributed by atoms with van der Waals surface area (Å²) in [6, 6.07) is 22.8. The van der Waals surface area contributed by atoms with Crippen molar-refractivity contribution in [3.05, 3.63) is 107 Å². The van der Waals surface area contributed by atoms with E-state index in [2.05, 4.69) is 4.74 Å². The zero-order chi connectivity index (χ0) is 26.2. The molecule has 0 spiro atoms. The highest BCUT2D eigenvalue weighted by Crippen LogP contribution is 2.35. The average Bonchev–Trinajstić information content (AvgIpc) is 3.50. The van der Waals surface area contributed by atoms with Crippen molar-refractivity contribution in [3.8, 4) is 16.2 Å². The van der Waals surface area contributed by atoms with Crippen LogP contribution < -0.4 is 9.64 Å². The zero-order valence-corrected chi connectivity index (χ0v) is 20.2. The number of hydrogen-bond donors (Lipinski definition) is 0. The van der Waals surface area contributed by atoms with E-state index in [-0.39, 0.29) is 23.7 Å². The number of halogens is 4. The number of alkyl halides is 3. The van der Waals surface area contributed by atoms with E-state index < -0.39 is 18.1 Å². The Morgan fingerprint density at radius 3 is 2.46 bits per heavy atom. The fourth-order valence-corrected chi connectivity index (χ4v) is 4.97. The summed E-state index contributed by atoms with van der Waals surface area (Å²) in [4.78, 5) is 16.3. The third-order valence-electron chi connectivity index (χ3n) is 5.69. The number of rotatable bonds is 6. The molecule has 9 heteroatoms. The Hall–Kier alpha value is -4.11. The lowest BCUT2D eigenvalue weighted by Crippen LogP contribution is -2.30. The van der Waals surface area contributed by atoms with Gasteiger partial charge < -0.3 is 9.15 Å². The summed E-state index contributed by atoms with van der Waals surface area (Å²) in [5, 5.41) is 0.756. The van der Waals surface area contributed by atoms with E-state index in [1.54, 1.807) is 42.5 Å². The predicted octanol–water partition coefficient (Wildman–Crippen LogP) is 8.35. The summed E-state index contributed by atoms with van der Waals surface area (Å²) in [7, 11) is 0. The van der Waals surface area contributed by atoms with Crippen LogP contribution in [0.5, 0.6) is 5.75 Å². The van der Waals surface area contributed by atoms with Gasteiger partial charge in [-0.15, -0.1) is 24.5 Å². The number of carbonyl (C=O) groups excluding carboxylic acids is 1. The number of benzene rings is 3. The van der Waals surface area contributed by atoms with E-state index in [1.807, 2.05) is 18.2 Å². The molecule has 2 heterocycles. The highest BCUT2D eigenvalue weighted by atomic mass is 32.1. The molecule has 0 aliphatic rings. The van der Waals surface area contributed by atoms with E-state index in [0.717, 1.165) is 15.1 Å². The Labute approximate surface area is 213 Å². The van der Waals surface area contributed by atoms with Crippen molar-refractivity contribution in [2.45, 2.75) is 19.8 Å². The molecule has 0 atom stereocenters. The summed E-state index contributed by atoms with van der Waals surface area (Å²) in [5.74, 6) is -1.24. The molecule has 5 rings (SSSR count). The van der Waals surface area contributed by atoms with Gasteiger partial charge in [0.2, 0.25) is 0 Å². The number of carbonyl (C=O) groups is 1. The Kier molecular flexibility index (Phi) is 6.47. The lowest BCUT2D eigenvalue weighted by atomic mass is 10.1. The van der Waals surface area contributed by atoms with Crippen LogP contribution in [-0.4, -0.2) is 12.3 Å². The van der Waals surface area contributed by atoms with Gasteiger partial charge in [-0.3, -0.25) is 9.69 Å². The highest BCUT2D eigenvalue weighted by Gasteiger charge is 2.31. The number of amides is 1. The minimum Gasteiger partial charge on any atom is -0.451 e. The van der Waals surface area contributed by atoms with E-state index in [4.69, 9.17) is 4.42 Å². The van der Waals surface area contributed by atoms with Gasteiger partial charge in [-0.25, -0.2) is 4.39 Å². The Morgan fingerprint density at radius 2 is 1.73 bits per heavy atom. The maximum absolute atomic E-state index is 14.8. The number of furan rings is 1. The molecule has 1 amide bonds. The second-order valence-corrected chi connectivity index (χ2v) is 9.45. The molecule has 37 heavy (non-hydrogen) atoms. The van der Waals surface area contributed by atoms with Gasteiger partial charge in [-0.05, 0) is 72.6 Å². The number of para-hydroxylation sites is 2. The first kappa shape index (κ1) is 24.6. The molecule has 0 aliphatic heterocycles. The number of thiophene rings is 1. The van der Waals surface area contributed by atoms with Crippen LogP contribution in [0.2, 0.25) is 0 Å². The first-order valence-electron chi connectivity index (χ1n) is 11.2. The first-order chi connectivity index (χ1) is 17.7. The van der Waals surface area contributed by atoms with Crippen molar-refractivity contribution < 1.29 is 31.5 Å². The smallest absolute Gasteiger partial charge is 0.451 e. The van der Waals surface area contributed by atoms with Gasteiger partial charge in [0, 0.05) is 15.1 Å². The van der Waals surface area contributed by atoms with Crippen LogP contribution in [0.25, 0.3) is 21.4 Å². The summed E-state index contributed by atoms with van der Waals surface area (Å²) in [6.45, 7) is 1.60. The summed E-state index contributed by atoms with van der Waals surface area (Å²) in [6.07, 6.45) is -4.77. The molecule has 0 bridgehead atoms. The Bertz CT molecular complexity index is 1550. The average molecular weight is 526 g/mol. The number of hydrogen-bond acceptors (Lipinski definition) is 4. The van der Waals surface area contributed by atoms with E-state index in [9.17, 15) is 22.4 Å². The van der Waals surface area contributed by atoms with Gasteiger partial charge >= 0.3 is 6.36 Å². The van der Waals surface area contributed by atoms with Crippen LogP contribution in [0.4, 0.5) is 23.2 Å². The van der Waals surface area contributed by atoms with Crippen molar-refractivity contribution in [3.63, 3.8) is 0 Å². The molecule has 0 saturated carbocycles. The molecule has 0 radical (unpaired) electrons. The van der Waals surface area contributed by atoms with Gasteiger partial charge in [-0.1, -0.05) is 30.3 Å². The fourth-order valence-electron chi connectivity index (χ4n) is 3.97. The zero-order valence-electron chi connectivity index (χ0n) is 19.4. The largest absolute Gasteiger partial charge is 0.573 e. The molecular weight excluding hydrogens is 506 g/mol. The van der Waals surface area contributed by atoms with Crippen LogP contribution in [0.1, 0.15) is 21.0 Å². The Balaban J connectivity index is 1.45. The summed E-state index contributed by atoms with van der Waals surface area (Å²) >= 11 is 1.35. The lowest BCUT2D eigenvalue weighted by molar-refractivity contribution is -0.274. The van der Waals surface area contributed by atoms with Crippen LogP contribution in [0.3, 0.4) is 0 Å². The third-order valence-corrected chi connectivity index (χ3v) is 6.80. The summed E-state index contributed by atoms with van der Waals surface area (Å²) < 4.78 is 62.4. The molecule has 3 aromatic carbocycles. The second kappa shape index (κ2) is 9.74. The van der Waals surface area contributed by atoms with Crippen molar-refractivity contribution in [1.82, 2.24) is 0 Å². The topological polar surface area (TPSA) is 42.7 Å². The molecule has 0 aliphatic carbocycles. The minimum atomic E-state index is -4.77. The number of ether oxygens (including phenoxy) is 1. The SMILES string of the molecule is Cc1cc(-c2ccc(CN(C(=O)c3cc4ccccc4o3)c3ccccc3F)s2)ccc1OC(F)(F)F. The number of nitrogens with zero attached hydrogens (tertiary/aromatic N) is 1. The van der Waals surface area contributed by atoms with Gasteiger partial charge in [-0.2, -0.15) is 0 Å². The maximum Gasteiger partial charge on any atom is 0.573 e. The van der Waals surface area contributed by atoms with E-state index in [1.165, 1.54) is 47.4 Å². The van der Waals surface area contributed by atoms with E-state index >= 15 is 0 Å². The van der Waals surface area contributed by atoms with E-state index in [0.29, 0.717) is 16.7 Å². The molecule has 0 N–H and O–H groups in total. The van der Waals surface area contributed by atoms with Gasteiger partial charge in [0.05, 0.1) is 12.2 Å². The molecular formula is C28H19F4NO3S. The molecule has 188 valence electrons. The summed E-state index contributed by atoms with van der Waals surface area (Å²) in [5.41, 5.74) is 1.68. The van der Waals surface area contributed by atoms with Crippen LogP contribution in [0.15, 0.2) is 89.3 Å². The highest BCUT2D eigenvalue weighted by molar-refractivity contribution is 7.15. The molecule has 4 nitrogen and oxygen atoms in total. The standard InChI is InChI=1S/C28H19F4NO3S/c1-17-14-19(10-12-23(17)36-28(30,31)32)26-13-11-20(37-26)16-33(22-8-4-3-7-21(22)29)27(34)25-15-18-6-2-5-9-24(18)35-25/h2-15H,16H2,1H3. The number of aryl methyl sites for hydroxylation is 1. The molecule has 0 saturated heterocycles. The van der Waals surface area contributed by atoms with Crippen molar-refractivity contribution in [1.29, 1.82) is 0 Å². The molecule has 0 unspecified atom stereocenters. The normalized spacial score (nSPS) is 11.6. The van der Waals surface area contributed by atoms with Crippen molar-refractivity contribution in [2.24, 2.45) is 0 Å². The van der Waals surface area contributed by atoms with Crippen LogP contribution >= 0.6 is 11.3 Å². The van der Waals surface area contributed by atoms with Gasteiger partial charge in [0.25, 0.3) is 5.91 Å². The maximum atomic E-state index is 14.8. The second-order valence-electron chi connectivity index (χ2n) is 8.29. The quantitative estimate of drug-likeness (QED) is 0.209. The lowest BCUT2D eigenvalue weighted by Gasteiger charge is -2.21. The molecule has 5 aromatic rings. The van der Waals surface area contributed by atoms with Gasteiger partial charge in [0.15, 0.2) is 5.76 Å². The van der Waals surface area contributed by atoms with Crippen molar-refractivity contribution >= 4 is 33.9 Å². The van der Waals surface area contributed by atoms with Crippen LogP contribution in [-0.2, 0) is 6.54 Å². The monoisotopic (exact) mass is 525 g/mol. The molecule has 2 aromatic heterocycles. The number of anilines is 1. The van der Waals surface area contributed by atoms with Gasteiger partial charge in [0.1, 0.15) is 17.1 Å². The Morgan fingerprint density at radius 1 is 0.973 bits per heavy atom. The fraction of sp³-hybridized carbons (Fsp3) is 0.107. The first-order valence-corrected chi connectivity index (χ1v) is 12.0. The van der Waals surface area contributed by atoms with Crippen LogP contribution in [0, 0.1) is 12.7 Å². The predicted molar refractivity (Wildman–Crippen MR) is 134 cm³/mol. The van der Waals surface area contributed by atoms with Crippen molar-refractivity contribution in [2.75, 3.05) is 4.90 Å².